The van der Waals surface area contributed by atoms with Gasteiger partial charge >= 0.3 is 0 Å². The number of rotatable bonds is 3. The molecule has 3 aromatic rings. The van der Waals surface area contributed by atoms with Crippen molar-refractivity contribution in [3.8, 4) is 16.9 Å². The van der Waals surface area contributed by atoms with Gasteiger partial charge in [-0.3, -0.25) is 4.79 Å². The van der Waals surface area contributed by atoms with Crippen LogP contribution in [0.5, 0.6) is 0 Å². The number of benzene rings is 1. The van der Waals surface area contributed by atoms with E-state index in [1.807, 2.05) is 6.07 Å². The molecule has 0 radical (unpaired) electrons. The Morgan fingerprint density at radius 1 is 1.18 bits per heavy atom. The molecular weight excluding hydrogens is 298 g/mol. The molecule has 22 heavy (non-hydrogen) atoms. The summed E-state index contributed by atoms with van der Waals surface area (Å²) in [6.07, 6.45) is 3.25. The fraction of sp³-hybridized carbons (Fsp3) is 0. The highest BCUT2D eigenvalue weighted by atomic mass is 32.1. The summed E-state index contributed by atoms with van der Waals surface area (Å²) in [4.78, 5) is 24.6. The first-order valence-electron chi connectivity index (χ1n) is 6.31. The van der Waals surface area contributed by atoms with Crippen LogP contribution in [0.3, 0.4) is 0 Å². The van der Waals surface area contributed by atoms with Gasteiger partial charge in [0.1, 0.15) is 5.69 Å². The van der Waals surface area contributed by atoms with E-state index in [0.29, 0.717) is 27.8 Å². The van der Waals surface area contributed by atoms with E-state index in [0.717, 1.165) is 0 Å². The van der Waals surface area contributed by atoms with Crippen LogP contribution in [0.1, 0.15) is 16.1 Å². The fourth-order valence-corrected chi connectivity index (χ4v) is 2.46. The number of hydrogen-bond donors (Lipinski definition) is 1. The maximum atomic E-state index is 12.1. The topological polar surface area (TPSA) is 91.6 Å². The predicted molar refractivity (Wildman–Crippen MR) is 82.3 cm³/mol. The SMILES string of the molecule is N#Cc1ccc(NC(=O)c2csc(-c3ncccn3)n2)cc1. The summed E-state index contributed by atoms with van der Waals surface area (Å²) in [6.45, 7) is 0. The van der Waals surface area contributed by atoms with E-state index in [9.17, 15) is 4.79 Å². The lowest BCUT2D eigenvalue weighted by Gasteiger charge is -2.02. The zero-order valence-corrected chi connectivity index (χ0v) is 12.0. The minimum Gasteiger partial charge on any atom is -0.321 e. The van der Waals surface area contributed by atoms with Crippen molar-refractivity contribution in [1.29, 1.82) is 5.26 Å². The van der Waals surface area contributed by atoms with Crippen LogP contribution in [-0.4, -0.2) is 20.9 Å². The van der Waals surface area contributed by atoms with Crippen LogP contribution in [0.4, 0.5) is 5.69 Å². The molecule has 0 bridgehead atoms. The van der Waals surface area contributed by atoms with E-state index >= 15 is 0 Å². The number of hydrogen-bond acceptors (Lipinski definition) is 6. The number of aromatic nitrogens is 3. The molecule has 7 heteroatoms. The quantitative estimate of drug-likeness (QED) is 0.803. The summed E-state index contributed by atoms with van der Waals surface area (Å²) < 4.78 is 0. The molecule has 6 nitrogen and oxygen atoms in total. The maximum Gasteiger partial charge on any atom is 0.275 e. The van der Waals surface area contributed by atoms with E-state index in [-0.39, 0.29) is 5.91 Å². The van der Waals surface area contributed by atoms with E-state index < -0.39 is 0 Å². The zero-order chi connectivity index (χ0) is 15.4. The van der Waals surface area contributed by atoms with Gasteiger partial charge < -0.3 is 5.32 Å². The van der Waals surface area contributed by atoms with Gasteiger partial charge in [0.2, 0.25) is 0 Å². The maximum absolute atomic E-state index is 12.1. The van der Waals surface area contributed by atoms with Crippen molar-refractivity contribution in [2.75, 3.05) is 5.32 Å². The second-order valence-electron chi connectivity index (χ2n) is 4.25. The van der Waals surface area contributed by atoms with Gasteiger partial charge in [0, 0.05) is 23.5 Å². The van der Waals surface area contributed by atoms with Crippen molar-refractivity contribution in [3.05, 3.63) is 59.4 Å². The number of carbonyl (C=O) groups excluding carboxylic acids is 1. The Morgan fingerprint density at radius 2 is 1.91 bits per heavy atom. The molecule has 1 aromatic carbocycles. The lowest BCUT2D eigenvalue weighted by Crippen LogP contribution is -2.12. The molecule has 0 saturated carbocycles. The van der Waals surface area contributed by atoms with Gasteiger partial charge in [0.05, 0.1) is 11.6 Å². The Bertz CT molecular complexity index is 836. The van der Waals surface area contributed by atoms with Gasteiger partial charge in [0.15, 0.2) is 10.8 Å². The average molecular weight is 307 g/mol. The first-order valence-corrected chi connectivity index (χ1v) is 7.18. The molecule has 106 valence electrons. The molecule has 0 unspecified atom stereocenters. The normalized spacial score (nSPS) is 9.95. The summed E-state index contributed by atoms with van der Waals surface area (Å²) >= 11 is 1.31. The van der Waals surface area contributed by atoms with E-state index in [4.69, 9.17) is 5.26 Å². The highest BCUT2D eigenvalue weighted by Gasteiger charge is 2.13. The lowest BCUT2D eigenvalue weighted by molar-refractivity contribution is 0.102. The minimum atomic E-state index is -0.317. The Hall–Kier alpha value is -3.11. The van der Waals surface area contributed by atoms with Crippen molar-refractivity contribution < 1.29 is 4.79 Å². The summed E-state index contributed by atoms with van der Waals surface area (Å²) in [6, 6.07) is 10.4. The van der Waals surface area contributed by atoms with E-state index in [1.165, 1.54) is 11.3 Å². The average Bonchev–Trinajstić information content (AvgIpc) is 3.06. The van der Waals surface area contributed by atoms with Crippen molar-refractivity contribution in [2.45, 2.75) is 0 Å². The van der Waals surface area contributed by atoms with Crippen molar-refractivity contribution in [3.63, 3.8) is 0 Å². The number of amides is 1. The predicted octanol–water partition coefficient (Wildman–Crippen LogP) is 2.72. The second-order valence-corrected chi connectivity index (χ2v) is 5.11. The zero-order valence-electron chi connectivity index (χ0n) is 11.2. The van der Waals surface area contributed by atoms with Crippen LogP contribution in [0.2, 0.25) is 0 Å². The molecule has 0 aliphatic rings. The number of anilines is 1. The van der Waals surface area contributed by atoms with E-state index in [2.05, 4.69) is 20.3 Å². The van der Waals surface area contributed by atoms with Crippen LogP contribution in [0, 0.1) is 11.3 Å². The third kappa shape index (κ3) is 2.97. The molecule has 0 aliphatic heterocycles. The second kappa shape index (κ2) is 6.11. The third-order valence-electron chi connectivity index (χ3n) is 2.77. The van der Waals surface area contributed by atoms with E-state index in [1.54, 1.807) is 48.1 Å². The molecule has 0 aliphatic carbocycles. The molecule has 1 amide bonds. The number of carbonyl (C=O) groups is 1. The smallest absolute Gasteiger partial charge is 0.275 e. The van der Waals surface area contributed by atoms with Crippen LogP contribution in [-0.2, 0) is 0 Å². The Balaban J connectivity index is 1.75. The fourth-order valence-electron chi connectivity index (χ4n) is 1.71. The van der Waals surface area contributed by atoms with Crippen LogP contribution < -0.4 is 5.32 Å². The van der Waals surface area contributed by atoms with Crippen molar-refractivity contribution in [2.24, 2.45) is 0 Å². The highest BCUT2D eigenvalue weighted by molar-refractivity contribution is 7.13. The van der Waals surface area contributed by atoms with Gasteiger partial charge in [-0.25, -0.2) is 15.0 Å². The third-order valence-corrected chi connectivity index (χ3v) is 3.60. The lowest BCUT2D eigenvalue weighted by atomic mass is 10.2. The van der Waals surface area contributed by atoms with Crippen LogP contribution >= 0.6 is 11.3 Å². The molecule has 3 rings (SSSR count). The van der Waals surface area contributed by atoms with Gasteiger partial charge in [-0.2, -0.15) is 5.26 Å². The standard InChI is InChI=1S/C15H9N5OS/c16-8-10-2-4-11(5-3-10)19-14(21)12-9-22-15(20-12)13-17-6-1-7-18-13/h1-7,9H,(H,19,21). The van der Waals surface area contributed by atoms with Crippen molar-refractivity contribution >= 4 is 22.9 Å². The van der Waals surface area contributed by atoms with Crippen LogP contribution in [0.25, 0.3) is 10.8 Å². The molecule has 2 heterocycles. The number of nitriles is 1. The van der Waals surface area contributed by atoms with Gasteiger partial charge in [-0.05, 0) is 30.3 Å². The summed E-state index contributed by atoms with van der Waals surface area (Å²) in [5.41, 5.74) is 1.45. The summed E-state index contributed by atoms with van der Waals surface area (Å²) in [5, 5.41) is 13.7. The Kier molecular flexibility index (Phi) is 3.85. The van der Waals surface area contributed by atoms with Crippen molar-refractivity contribution in [1.82, 2.24) is 15.0 Å². The molecular formula is C15H9N5OS. The minimum absolute atomic E-state index is 0.303. The summed E-state index contributed by atoms with van der Waals surface area (Å²) in [7, 11) is 0. The molecule has 0 fully saturated rings. The molecule has 1 N–H and O–H groups in total. The first-order chi connectivity index (χ1) is 10.8. The molecule has 0 spiro atoms. The molecule has 0 atom stereocenters. The highest BCUT2D eigenvalue weighted by Crippen LogP contribution is 2.20. The van der Waals surface area contributed by atoms with Gasteiger partial charge in [-0.1, -0.05) is 0 Å². The molecule has 0 saturated heterocycles. The Morgan fingerprint density at radius 3 is 2.59 bits per heavy atom. The number of nitrogens with one attached hydrogen (secondary N) is 1. The Labute approximate surface area is 130 Å². The molecule has 2 aromatic heterocycles. The largest absolute Gasteiger partial charge is 0.321 e. The monoisotopic (exact) mass is 307 g/mol. The van der Waals surface area contributed by atoms with Gasteiger partial charge in [0.25, 0.3) is 5.91 Å². The first kappa shape index (κ1) is 13.9. The van der Waals surface area contributed by atoms with Gasteiger partial charge in [-0.15, -0.1) is 11.3 Å². The number of nitrogens with zero attached hydrogens (tertiary/aromatic N) is 4. The summed E-state index contributed by atoms with van der Waals surface area (Å²) in [5.74, 6) is 0.174. The number of thiazole rings is 1. The van der Waals surface area contributed by atoms with Crippen LogP contribution in [0.15, 0.2) is 48.1 Å².